The molecule has 1 heterocycles. The van der Waals surface area contributed by atoms with Crippen molar-refractivity contribution < 1.29 is 9.90 Å². The summed E-state index contributed by atoms with van der Waals surface area (Å²) >= 11 is 0. The second-order valence-electron chi connectivity index (χ2n) is 5.36. The van der Waals surface area contributed by atoms with Crippen molar-refractivity contribution in [2.24, 2.45) is 11.7 Å². The Morgan fingerprint density at radius 3 is 3.00 bits per heavy atom. The van der Waals surface area contributed by atoms with Gasteiger partial charge in [0, 0.05) is 12.6 Å². The first-order valence-corrected chi connectivity index (χ1v) is 7.01. The summed E-state index contributed by atoms with van der Waals surface area (Å²) < 4.78 is 1.91. The third kappa shape index (κ3) is 3.32. The predicted octanol–water partition coefficient (Wildman–Crippen LogP) is 1.37. The fourth-order valence-electron chi connectivity index (χ4n) is 2.89. The Hall–Kier alpha value is -1.43. The second kappa shape index (κ2) is 6.14. The molecule has 1 fully saturated rings. The fourth-order valence-corrected chi connectivity index (χ4v) is 2.89. The van der Waals surface area contributed by atoms with Crippen LogP contribution < -0.4 is 5.73 Å². The summed E-state index contributed by atoms with van der Waals surface area (Å²) in [6.45, 7) is 2.21. The third-order valence-corrected chi connectivity index (χ3v) is 4.04. The van der Waals surface area contributed by atoms with Crippen LogP contribution in [0.1, 0.15) is 50.8 Å². The first-order valence-electron chi connectivity index (χ1n) is 7.01. The highest BCUT2D eigenvalue weighted by Gasteiger charge is 2.26. The SMILES string of the molecule is CCC1CCCCC1n1cc(CC(N)C(=O)O)nn1. The van der Waals surface area contributed by atoms with Gasteiger partial charge in [0.2, 0.25) is 0 Å². The summed E-state index contributed by atoms with van der Waals surface area (Å²) in [5.74, 6) is -0.352. The maximum Gasteiger partial charge on any atom is 0.320 e. The van der Waals surface area contributed by atoms with Crippen molar-refractivity contribution in [3.05, 3.63) is 11.9 Å². The molecule has 0 spiro atoms. The molecule has 0 bridgehead atoms. The molecule has 1 aromatic heterocycles. The number of rotatable bonds is 5. The van der Waals surface area contributed by atoms with Gasteiger partial charge in [0.15, 0.2) is 0 Å². The van der Waals surface area contributed by atoms with E-state index in [0.717, 1.165) is 12.8 Å². The quantitative estimate of drug-likeness (QED) is 0.839. The van der Waals surface area contributed by atoms with Gasteiger partial charge >= 0.3 is 5.97 Å². The lowest BCUT2D eigenvalue weighted by molar-refractivity contribution is -0.138. The molecule has 0 radical (unpaired) electrons. The highest BCUT2D eigenvalue weighted by molar-refractivity contribution is 5.73. The van der Waals surface area contributed by atoms with Gasteiger partial charge in [0.1, 0.15) is 6.04 Å². The van der Waals surface area contributed by atoms with Crippen LogP contribution in [0, 0.1) is 5.92 Å². The standard InChI is InChI=1S/C13H22N4O2/c1-2-9-5-3-4-6-12(9)17-8-10(15-16-17)7-11(14)13(18)19/h8-9,11-12H,2-7,14H2,1H3,(H,18,19). The molecule has 19 heavy (non-hydrogen) atoms. The summed E-state index contributed by atoms with van der Waals surface area (Å²) in [5.41, 5.74) is 6.18. The number of nitrogens with two attached hydrogens (primary N) is 1. The van der Waals surface area contributed by atoms with E-state index < -0.39 is 12.0 Å². The van der Waals surface area contributed by atoms with Gasteiger partial charge in [0.25, 0.3) is 0 Å². The van der Waals surface area contributed by atoms with Gasteiger partial charge in [-0.05, 0) is 18.8 Å². The van der Waals surface area contributed by atoms with Crippen molar-refractivity contribution in [1.82, 2.24) is 15.0 Å². The predicted molar refractivity (Wildman–Crippen MR) is 70.6 cm³/mol. The average Bonchev–Trinajstić information content (AvgIpc) is 2.86. The van der Waals surface area contributed by atoms with Crippen molar-refractivity contribution in [2.75, 3.05) is 0 Å². The van der Waals surface area contributed by atoms with Crippen molar-refractivity contribution >= 4 is 5.97 Å². The molecule has 3 atom stereocenters. The molecule has 1 aromatic rings. The lowest BCUT2D eigenvalue weighted by Gasteiger charge is -2.30. The van der Waals surface area contributed by atoms with Crippen LogP contribution >= 0.6 is 0 Å². The van der Waals surface area contributed by atoms with E-state index in [2.05, 4.69) is 17.2 Å². The Kier molecular flexibility index (Phi) is 4.52. The minimum Gasteiger partial charge on any atom is -0.480 e. The molecule has 1 aliphatic rings. The maximum atomic E-state index is 10.7. The molecule has 6 nitrogen and oxygen atoms in total. The van der Waals surface area contributed by atoms with E-state index in [9.17, 15) is 4.79 Å². The van der Waals surface area contributed by atoms with E-state index in [4.69, 9.17) is 10.8 Å². The maximum absolute atomic E-state index is 10.7. The monoisotopic (exact) mass is 266 g/mol. The molecule has 3 unspecified atom stereocenters. The summed E-state index contributed by atoms with van der Waals surface area (Å²) in [7, 11) is 0. The summed E-state index contributed by atoms with van der Waals surface area (Å²) in [6.07, 6.45) is 8.14. The van der Waals surface area contributed by atoms with Crippen LogP contribution in [0.15, 0.2) is 6.20 Å². The number of hydrogen-bond acceptors (Lipinski definition) is 4. The zero-order chi connectivity index (χ0) is 13.8. The molecule has 1 aliphatic carbocycles. The van der Waals surface area contributed by atoms with Crippen LogP contribution in [0.2, 0.25) is 0 Å². The Labute approximate surface area is 113 Å². The van der Waals surface area contributed by atoms with Crippen LogP contribution in [0.25, 0.3) is 0 Å². The molecule has 106 valence electrons. The van der Waals surface area contributed by atoms with E-state index in [1.54, 1.807) is 0 Å². The van der Waals surface area contributed by atoms with Gasteiger partial charge in [-0.2, -0.15) is 0 Å². The minimum absolute atomic E-state index is 0.235. The van der Waals surface area contributed by atoms with Crippen molar-refractivity contribution in [3.8, 4) is 0 Å². The lowest BCUT2D eigenvalue weighted by Crippen LogP contribution is -2.32. The summed E-state index contributed by atoms with van der Waals surface area (Å²) in [5, 5.41) is 17.0. The van der Waals surface area contributed by atoms with E-state index in [1.807, 2.05) is 10.9 Å². The van der Waals surface area contributed by atoms with E-state index >= 15 is 0 Å². The second-order valence-corrected chi connectivity index (χ2v) is 5.36. The molecule has 6 heteroatoms. The zero-order valence-electron chi connectivity index (χ0n) is 11.3. The Morgan fingerprint density at radius 1 is 1.58 bits per heavy atom. The van der Waals surface area contributed by atoms with Crippen LogP contribution in [-0.2, 0) is 11.2 Å². The fraction of sp³-hybridized carbons (Fsp3) is 0.769. The first kappa shape index (κ1) is 14.0. The van der Waals surface area contributed by atoms with Gasteiger partial charge in [-0.25, -0.2) is 4.68 Å². The van der Waals surface area contributed by atoms with Gasteiger partial charge in [-0.1, -0.05) is 31.4 Å². The van der Waals surface area contributed by atoms with Crippen LogP contribution in [0.3, 0.4) is 0 Å². The normalized spacial score (nSPS) is 25.2. The molecule has 1 saturated carbocycles. The Morgan fingerprint density at radius 2 is 2.32 bits per heavy atom. The van der Waals surface area contributed by atoms with Crippen molar-refractivity contribution in [2.45, 2.75) is 57.5 Å². The molecule has 0 amide bonds. The van der Waals surface area contributed by atoms with Crippen LogP contribution in [0.5, 0.6) is 0 Å². The number of carbonyl (C=O) groups is 1. The average molecular weight is 266 g/mol. The zero-order valence-corrected chi connectivity index (χ0v) is 11.3. The minimum atomic E-state index is -1.00. The number of carboxylic acids is 1. The van der Waals surface area contributed by atoms with E-state index in [-0.39, 0.29) is 6.42 Å². The molecule has 0 aromatic carbocycles. The van der Waals surface area contributed by atoms with Gasteiger partial charge in [-0.15, -0.1) is 5.10 Å². The van der Waals surface area contributed by atoms with Gasteiger partial charge in [-0.3, -0.25) is 4.79 Å². The summed E-state index contributed by atoms with van der Waals surface area (Å²) in [4.78, 5) is 10.7. The van der Waals surface area contributed by atoms with E-state index in [1.165, 1.54) is 19.3 Å². The molecule has 3 N–H and O–H groups in total. The largest absolute Gasteiger partial charge is 0.480 e. The molecule has 0 aliphatic heterocycles. The molecule has 0 saturated heterocycles. The third-order valence-electron chi connectivity index (χ3n) is 4.04. The smallest absolute Gasteiger partial charge is 0.320 e. The molecular weight excluding hydrogens is 244 g/mol. The topological polar surface area (TPSA) is 94.0 Å². The van der Waals surface area contributed by atoms with Gasteiger partial charge < -0.3 is 10.8 Å². The number of carboxylic acid groups (broad SMARTS) is 1. The highest BCUT2D eigenvalue weighted by atomic mass is 16.4. The van der Waals surface area contributed by atoms with Gasteiger partial charge in [0.05, 0.1) is 11.7 Å². The van der Waals surface area contributed by atoms with Crippen molar-refractivity contribution in [1.29, 1.82) is 0 Å². The first-order chi connectivity index (χ1) is 9.11. The Bertz CT molecular complexity index is 432. The summed E-state index contributed by atoms with van der Waals surface area (Å²) in [6, 6.07) is -0.500. The van der Waals surface area contributed by atoms with Crippen molar-refractivity contribution in [3.63, 3.8) is 0 Å². The molecular formula is C13H22N4O2. The number of aliphatic carboxylic acids is 1. The number of aromatic nitrogens is 3. The van der Waals surface area contributed by atoms with Crippen LogP contribution in [-0.4, -0.2) is 32.1 Å². The number of nitrogens with zero attached hydrogens (tertiary/aromatic N) is 3. The lowest BCUT2D eigenvalue weighted by atomic mass is 9.83. The number of hydrogen-bond donors (Lipinski definition) is 2. The van der Waals surface area contributed by atoms with E-state index in [0.29, 0.717) is 17.7 Å². The highest BCUT2D eigenvalue weighted by Crippen LogP contribution is 2.35. The molecule has 2 rings (SSSR count). The Balaban J connectivity index is 2.05. The van der Waals surface area contributed by atoms with Crippen LogP contribution in [0.4, 0.5) is 0 Å².